The van der Waals surface area contributed by atoms with E-state index in [9.17, 15) is 15.0 Å². The summed E-state index contributed by atoms with van der Waals surface area (Å²) in [5.74, 6) is -0.589. The Labute approximate surface area is 120 Å². The van der Waals surface area contributed by atoms with Crippen LogP contribution in [0.1, 0.15) is 22.3 Å². The summed E-state index contributed by atoms with van der Waals surface area (Å²) in [4.78, 5) is 19.0. The molecule has 0 fully saturated rings. The minimum atomic E-state index is -1.18. The van der Waals surface area contributed by atoms with Crippen LogP contribution in [-0.2, 0) is 4.74 Å². The molecule has 0 radical (unpaired) electrons. The molecule has 0 bridgehead atoms. The monoisotopic (exact) mass is 286 g/mol. The number of esters is 1. The van der Waals surface area contributed by atoms with Crippen molar-refractivity contribution in [3.63, 3.8) is 0 Å². The van der Waals surface area contributed by atoms with Gasteiger partial charge in [0.25, 0.3) is 0 Å². The first-order valence-corrected chi connectivity index (χ1v) is 6.44. The number of nitrogens with one attached hydrogen (secondary N) is 1. The third-order valence-corrected chi connectivity index (χ3v) is 3.41. The summed E-state index contributed by atoms with van der Waals surface area (Å²) in [6.45, 7) is -0.484. The number of aromatic amines is 1. The van der Waals surface area contributed by atoms with E-state index in [4.69, 9.17) is 0 Å². The number of rotatable bonds is 3. The van der Waals surface area contributed by atoms with Crippen molar-refractivity contribution < 1.29 is 19.7 Å². The van der Waals surface area contributed by atoms with E-state index >= 15 is 0 Å². The zero-order chi connectivity index (χ0) is 15.0. The smallest absolute Gasteiger partial charge is 0.356 e. The third-order valence-electron chi connectivity index (χ3n) is 3.41. The maximum Gasteiger partial charge on any atom is 0.356 e. The van der Waals surface area contributed by atoms with Crippen molar-refractivity contribution in [1.82, 2.24) is 9.97 Å². The molecular weight excluding hydrogens is 272 g/mol. The van der Waals surface area contributed by atoms with Crippen molar-refractivity contribution in [1.29, 1.82) is 0 Å². The Morgan fingerprint density at radius 3 is 2.86 bits per heavy atom. The SMILES string of the molecule is COC(=O)c1cc2c([nH]c3ccccc32)c([C@@H](O)CO)n1. The highest BCUT2D eigenvalue weighted by atomic mass is 16.5. The normalized spacial score (nSPS) is 12.7. The number of carbonyl (C=O) groups is 1. The lowest BCUT2D eigenvalue weighted by atomic mass is 10.1. The first-order valence-electron chi connectivity index (χ1n) is 6.44. The lowest BCUT2D eigenvalue weighted by Gasteiger charge is -2.09. The van der Waals surface area contributed by atoms with Gasteiger partial charge in [-0.15, -0.1) is 0 Å². The molecule has 0 unspecified atom stereocenters. The summed E-state index contributed by atoms with van der Waals surface area (Å²) in [6.07, 6.45) is -1.18. The summed E-state index contributed by atoms with van der Waals surface area (Å²) in [5, 5.41) is 20.8. The number of ether oxygens (including phenoxy) is 1. The van der Waals surface area contributed by atoms with E-state index in [2.05, 4.69) is 14.7 Å². The quantitative estimate of drug-likeness (QED) is 0.635. The Morgan fingerprint density at radius 1 is 1.38 bits per heavy atom. The summed E-state index contributed by atoms with van der Waals surface area (Å²) in [6, 6.07) is 9.19. The van der Waals surface area contributed by atoms with Crippen molar-refractivity contribution in [2.24, 2.45) is 0 Å². The number of pyridine rings is 1. The molecular formula is C15H14N2O4. The molecule has 1 atom stereocenters. The number of para-hydroxylation sites is 1. The van der Waals surface area contributed by atoms with Gasteiger partial charge in [0.2, 0.25) is 0 Å². The lowest BCUT2D eigenvalue weighted by molar-refractivity contribution is 0.0590. The number of aliphatic hydroxyl groups is 2. The number of fused-ring (bicyclic) bond motifs is 3. The number of benzene rings is 1. The van der Waals surface area contributed by atoms with E-state index in [1.165, 1.54) is 7.11 Å². The topological polar surface area (TPSA) is 95.4 Å². The van der Waals surface area contributed by atoms with Gasteiger partial charge in [0.05, 0.1) is 24.9 Å². The van der Waals surface area contributed by atoms with Crippen LogP contribution in [0.4, 0.5) is 0 Å². The number of nitrogens with zero attached hydrogens (tertiary/aromatic N) is 1. The Balaban J connectivity index is 2.39. The minimum Gasteiger partial charge on any atom is -0.464 e. The van der Waals surface area contributed by atoms with Crippen LogP contribution in [0.3, 0.4) is 0 Å². The molecule has 6 heteroatoms. The van der Waals surface area contributed by atoms with Gasteiger partial charge >= 0.3 is 5.97 Å². The number of carbonyl (C=O) groups excluding carboxylic acids is 1. The molecule has 6 nitrogen and oxygen atoms in total. The second-order valence-electron chi connectivity index (χ2n) is 4.68. The first kappa shape index (κ1) is 13.5. The molecule has 2 aromatic heterocycles. The molecule has 0 amide bonds. The van der Waals surface area contributed by atoms with Crippen LogP contribution in [0.5, 0.6) is 0 Å². The highest BCUT2D eigenvalue weighted by molar-refractivity contribution is 6.09. The average molecular weight is 286 g/mol. The van der Waals surface area contributed by atoms with Crippen LogP contribution in [0.2, 0.25) is 0 Å². The number of aliphatic hydroxyl groups excluding tert-OH is 2. The Hall–Kier alpha value is -2.44. The van der Waals surface area contributed by atoms with Crippen LogP contribution in [-0.4, -0.2) is 39.9 Å². The second-order valence-corrected chi connectivity index (χ2v) is 4.68. The fourth-order valence-corrected chi connectivity index (χ4v) is 2.41. The van der Waals surface area contributed by atoms with Crippen molar-refractivity contribution >= 4 is 27.8 Å². The molecule has 0 aliphatic heterocycles. The highest BCUT2D eigenvalue weighted by Gasteiger charge is 2.20. The Bertz CT molecular complexity index is 825. The lowest BCUT2D eigenvalue weighted by Crippen LogP contribution is -2.11. The molecule has 0 aliphatic carbocycles. The van der Waals surface area contributed by atoms with Gasteiger partial charge in [-0.3, -0.25) is 0 Å². The second kappa shape index (κ2) is 5.16. The van der Waals surface area contributed by atoms with Gasteiger partial charge in [0.15, 0.2) is 0 Å². The summed E-state index contributed by atoms with van der Waals surface area (Å²) in [5.41, 5.74) is 1.79. The van der Waals surface area contributed by atoms with Crippen molar-refractivity contribution in [3.05, 3.63) is 41.7 Å². The number of hydrogen-bond donors (Lipinski definition) is 3. The number of H-pyrrole nitrogens is 1. The molecule has 2 heterocycles. The van der Waals surface area contributed by atoms with E-state index in [0.29, 0.717) is 5.52 Å². The van der Waals surface area contributed by atoms with E-state index in [1.807, 2.05) is 24.3 Å². The molecule has 108 valence electrons. The van der Waals surface area contributed by atoms with Crippen LogP contribution in [0.15, 0.2) is 30.3 Å². The Kier molecular flexibility index (Phi) is 3.32. The van der Waals surface area contributed by atoms with Gasteiger partial charge in [-0.2, -0.15) is 0 Å². The van der Waals surface area contributed by atoms with E-state index in [-0.39, 0.29) is 11.4 Å². The van der Waals surface area contributed by atoms with Crippen LogP contribution < -0.4 is 0 Å². The molecule has 3 rings (SSSR count). The third kappa shape index (κ3) is 2.14. The average Bonchev–Trinajstić information content (AvgIpc) is 2.91. The molecule has 3 aromatic rings. The zero-order valence-corrected chi connectivity index (χ0v) is 11.3. The molecule has 0 saturated carbocycles. The van der Waals surface area contributed by atoms with E-state index in [0.717, 1.165) is 16.3 Å². The van der Waals surface area contributed by atoms with Gasteiger partial charge in [-0.1, -0.05) is 18.2 Å². The molecule has 3 N–H and O–H groups in total. The maximum atomic E-state index is 11.7. The fourth-order valence-electron chi connectivity index (χ4n) is 2.41. The maximum absolute atomic E-state index is 11.7. The van der Waals surface area contributed by atoms with Crippen molar-refractivity contribution in [3.8, 4) is 0 Å². The minimum absolute atomic E-state index is 0.0947. The molecule has 0 saturated heterocycles. The van der Waals surface area contributed by atoms with E-state index < -0.39 is 18.7 Å². The predicted molar refractivity (Wildman–Crippen MR) is 77.0 cm³/mol. The standard InChI is InChI=1S/C15H14N2O4/c1-21-15(20)11-6-9-8-4-2-3-5-10(8)16-13(9)14(17-11)12(19)7-18/h2-6,12,16,18-19H,7H2,1H3/t12-/m0/s1. The fraction of sp³-hybridized carbons (Fsp3) is 0.200. The molecule has 1 aromatic carbocycles. The molecule has 0 aliphatic rings. The largest absolute Gasteiger partial charge is 0.464 e. The van der Waals surface area contributed by atoms with Crippen molar-refractivity contribution in [2.45, 2.75) is 6.10 Å². The van der Waals surface area contributed by atoms with Gasteiger partial charge in [0.1, 0.15) is 11.8 Å². The number of methoxy groups -OCH3 is 1. The van der Waals surface area contributed by atoms with Gasteiger partial charge in [0, 0.05) is 16.3 Å². The molecule has 0 spiro atoms. The Morgan fingerprint density at radius 2 is 2.14 bits per heavy atom. The highest BCUT2D eigenvalue weighted by Crippen LogP contribution is 2.30. The summed E-state index contributed by atoms with van der Waals surface area (Å²) < 4.78 is 4.69. The summed E-state index contributed by atoms with van der Waals surface area (Å²) >= 11 is 0. The van der Waals surface area contributed by atoms with Crippen LogP contribution in [0.25, 0.3) is 21.8 Å². The predicted octanol–water partition coefficient (Wildman–Crippen LogP) is 1.53. The van der Waals surface area contributed by atoms with Gasteiger partial charge in [-0.25, -0.2) is 9.78 Å². The van der Waals surface area contributed by atoms with Gasteiger partial charge < -0.3 is 19.9 Å². The van der Waals surface area contributed by atoms with Crippen LogP contribution >= 0.6 is 0 Å². The van der Waals surface area contributed by atoms with Crippen LogP contribution in [0, 0.1) is 0 Å². The van der Waals surface area contributed by atoms with E-state index in [1.54, 1.807) is 6.07 Å². The summed E-state index contributed by atoms with van der Waals surface area (Å²) in [7, 11) is 1.27. The number of hydrogen-bond acceptors (Lipinski definition) is 5. The van der Waals surface area contributed by atoms with Crippen molar-refractivity contribution in [2.75, 3.05) is 13.7 Å². The molecule has 21 heavy (non-hydrogen) atoms. The first-order chi connectivity index (χ1) is 10.2. The van der Waals surface area contributed by atoms with Gasteiger partial charge in [-0.05, 0) is 12.1 Å². The number of aromatic nitrogens is 2. The zero-order valence-electron chi connectivity index (χ0n) is 11.3.